The van der Waals surface area contributed by atoms with Crippen molar-refractivity contribution < 1.29 is 24.6 Å². The predicted molar refractivity (Wildman–Crippen MR) is 58.3 cm³/mol. The van der Waals surface area contributed by atoms with Gasteiger partial charge in [0.1, 0.15) is 0 Å². The second-order valence-corrected chi connectivity index (χ2v) is 3.65. The number of rotatable bonds is 5. The molecule has 0 spiro atoms. The highest BCUT2D eigenvalue weighted by molar-refractivity contribution is 6.21. The van der Waals surface area contributed by atoms with Crippen molar-refractivity contribution in [1.29, 1.82) is 0 Å². The monoisotopic (exact) mass is 239 g/mol. The van der Waals surface area contributed by atoms with Crippen molar-refractivity contribution in [2.45, 2.75) is 19.8 Å². The zero-order chi connectivity index (χ0) is 13.0. The van der Waals surface area contributed by atoms with E-state index in [0.717, 1.165) is 6.08 Å². The summed E-state index contributed by atoms with van der Waals surface area (Å²) in [5.74, 6) is -2.52. The Morgan fingerprint density at radius 1 is 1.41 bits per heavy atom. The van der Waals surface area contributed by atoms with E-state index < -0.39 is 23.3 Å². The van der Waals surface area contributed by atoms with Crippen LogP contribution in [0.15, 0.2) is 23.1 Å². The molecule has 0 amide bonds. The molecule has 0 saturated heterocycles. The van der Waals surface area contributed by atoms with Crippen LogP contribution in [0.2, 0.25) is 0 Å². The van der Waals surface area contributed by atoms with Crippen molar-refractivity contribution in [2.75, 3.05) is 6.54 Å². The number of carboxylic acid groups (broad SMARTS) is 1. The van der Waals surface area contributed by atoms with Crippen LogP contribution in [0.25, 0.3) is 0 Å². The van der Waals surface area contributed by atoms with Crippen LogP contribution in [0, 0.1) is 0 Å². The molecule has 1 aliphatic carbocycles. The number of allylic oxidation sites excluding steroid dienone is 2. The lowest BCUT2D eigenvalue weighted by molar-refractivity contribution is -0.137. The van der Waals surface area contributed by atoms with Gasteiger partial charge in [0.2, 0.25) is 11.6 Å². The van der Waals surface area contributed by atoms with Crippen LogP contribution < -0.4 is 5.32 Å². The Hall–Kier alpha value is -2.11. The molecule has 17 heavy (non-hydrogen) atoms. The smallest absolute Gasteiger partial charge is 0.303 e. The fourth-order valence-corrected chi connectivity index (χ4v) is 1.35. The molecule has 1 rings (SSSR count). The summed E-state index contributed by atoms with van der Waals surface area (Å²) in [5.41, 5.74) is 0.0916. The van der Waals surface area contributed by atoms with E-state index in [9.17, 15) is 19.5 Å². The number of carbonyl (C=O) groups is 3. The summed E-state index contributed by atoms with van der Waals surface area (Å²) in [6.07, 6.45) is 1.36. The van der Waals surface area contributed by atoms with E-state index in [-0.39, 0.29) is 24.2 Å². The predicted octanol–water partition coefficient (Wildman–Crippen LogP) is 0.308. The van der Waals surface area contributed by atoms with E-state index in [4.69, 9.17) is 5.11 Å². The number of carbonyl (C=O) groups excluding carboxylic acids is 2. The molecule has 1 aliphatic rings. The van der Waals surface area contributed by atoms with Gasteiger partial charge in [-0.3, -0.25) is 14.4 Å². The first kappa shape index (κ1) is 13.0. The topological polar surface area (TPSA) is 104 Å². The van der Waals surface area contributed by atoms with Crippen molar-refractivity contribution in [1.82, 2.24) is 5.32 Å². The lowest BCUT2D eigenvalue weighted by atomic mass is 10.00. The number of nitrogens with one attached hydrogen (secondary N) is 1. The van der Waals surface area contributed by atoms with Crippen molar-refractivity contribution in [3.05, 3.63) is 23.1 Å². The Bertz CT molecular complexity index is 433. The number of hydrogen-bond donors (Lipinski definition) is 3. The fraction of sp³-hybridized carbons (Fsp3) is 0.364. The number of ketones is 2. The summed E-state index contributed by atoms with van der Waals surface area (Å²) in [4.78, 5) is 33.1. The molecule has 0 bridgehead atoms. The zero-order valence-corrected chi connectivity index (χ0v) is 9.32. The molecule has 0 fully saturated rings. The Labute approximate surface area is 97.6 Å². The molecule has 0 heterocycles. The summed E-state index contributed by atoms with van der Waals surface area (Å²) in [7, 11) is 0. The zero-order valence-electron chi connectivity index (χ0n) is 9.32. The van der Waals surface area contributed by atoms with Gasteiger partial charge in [-0.15, -0.1) is 0 Å². The molecule has 6 nitrogen and oxygen atoms in total. The number of Topliss-reactive ketones (excluding diaryl/α,β-unsaturated/α-hetero) is 1. The summed E-state index contributed by atoms with van der Waals surface area (Å²) in [6.45, 7) is 1.65. The summed E-state index contributed by atoms with van der Waals surface area (Å²) in [5, 5.41) is 20.3. The third-order valence-corrected chi connectivity index (χ3v) is 2.33. The average Bonchev–Trinajstić information content (AvgIpc) is 2.27. The molecular weight excluding hydrogens is 226 g/mol. The van der Waals surface area contributed by atoms with E-state index in [1.165, 1.54) is 6.92 Å². The number of hydrogen-bond acceptors (Lipinski definition) is 5. The average molecular weight is 239 g/mol. The lowest BCUT2D eigenvalue weighted by Crippen LogP contribution is -2.28. The Kier molecular flexibility index (Phi) is 4.03. The van der Waals surface area contributed by atoms with Crippen LogP contribution in [-0.4, -0.2) is 34.3 Å². The first-order valence-corrected chi connectivity index (χ1v) is 5.09. The van der Waals surface area contributed by atoms with E-state index in [1.807, 2.05) is 0 Å². The van der Waals surface area contributed by atoms with Gasteiger partial charge in [-0.1, -0.05) is 0 Å². The maximum absolute atomic E-state index is 11.6. The van der Waals surface area contributed by atoms with Gasteiger partial charge < -0.3 is 15.5 Å². The van der Waals surface area contributed by atoms with Crippen molar-refractivity contribution >= 4 is 17.5 Å². The maximum Gasteiger partial charge on any atom is 0.303 e. The standard InChI is InChI=1S/C11H13NO5/c1-6-10(16)7(5-8(13)11(6)17)12-4-2-3-9(14)15/h5,12,17H,2-4H2,1H3,(H,14,15). The Morgan fingerprint density at radius 3 is 2.65 bits per heavy atom. The molecular formula is C11H13NO5. The Balaban J connectivity index is 2.56. The van der Waals surface area contributed by atoms with Gasteiger partial charge in [-0.25, -0.2) is 0 Å². The molecule has 92 valence electrons. The molecule has 0 radical (unpaired) electrons. The van der Waals surface area contributed by atoms with Gasteiger partial charge in [0.25, 0.3) is 0 Å². The molecule has 0 aliphatic heterocycles. The first-order valence-electron chi connectivity index (χ1n) is 5.09. The minimum atomic E-state index is -0.916. The quantitative estimate of drug-likeness (QED) is 0.471. The summed E-state index contributed by atoms with van der Waals surface area (Å²) in [6, 6.07) is 0. The molecule has 0 atom stereocenters. The largest absolute Gasteiger partial charge is 0.504 e. The van der Waals surface area contributed by atoms with Crippen LogP contribution in [0.5, 0.6) is 0 Å². The highest BCUT2D eigenvalue weighted by Gasteiger charge is 2.24. The van der Waals surface area contributed by atoms with E-state index in [0.29, 0.717) is 6.42 Å². The third kappa shape index (κ3) is 3.17. The maximum atomic E-state index is 11.6. The summed E-state index contributed by atoms with van der Waals surface area (Å²) < 4.78 is 0. The van der Waals surface area contributed by atoms with Gasteiger partial charge in [0.05, 0.1) is 5.70 Å². The Morgan fingerprint density at radius 2 is 2.06 bits per heavy atom. The minimum absolute atomic E-state index is 0.00163. The molecule has 6 heteroatoms. The van der Waals surface area contributed by atoms with Crippen LogP contribution in [0.4, 0.5) is 0 Å². The molecule has 0 unspecified atom stereocenters. The van der Waals surface area contributed by atoms with Gasteiger partial charge in [0, 0.05) is 24.6 Å². The third-order valence-electron chi connectivity index (χ3n) is 2.33. The van der Waals surface area contributed by atoms with Gasteiger partial charge in [0.15, 0.2) is 5.76 Å². The minimum Gasteiger partial charge on any atom is -0.504 e. The van der Waals surface area contributed by atoms with Gasteiger partial charge in [-0.05, 0) is 13.3 Å². The van der Waals surface area contributed by atoms with E-state index >= 15 is 0 Å². The van der Waals surface area contributed by atoms with E-state index in [1.54, 1.807) is 0 Å². The molecule has 0 aromatic rings. The van der Waals surface area contributed by atoms with Crippen LogP contribution >= 0.6 is 0 Å². The van der Waals surface area contributed by atoms with Crippen molar-refractivity contribution in [3.63, 3.8) is 0 Å². The molecule has 0 aromatic carbocycles. The normalized spacial score (nSPS) is 15.9. The molecule has 3 N–H and O–H groups in total. The lowest BCUT2D eigenvalue weighted by Gasteiger charge is -2.14. The number of carboxylic acids is 1. The van der Waals surface area contributed by atoms with Gasteiger partial charge in [-0.2, -0.15) is 0 Å². The second-order valence-electron chi connectivity index (χ2n) is 3.65. The van der Waals surface area contributed by atoms with Crippen LogP contribution in [0.1, 0.15) is 19.8 Å². The van der Waals surface area contributed by atoms with Crippen LogP contribution in [0.3, 0.4) is 0 Å². The highest BCUT2D eigenvalue weighted by Crippen LogP contribution is 2.15. The van der Waals surface area contributed by atoms with Crippen molar-refractivity contribution in [2.24, 2.45) is 0 Å². The SMILES string of the molecule is CC1=C(O)C(=O)C=C(NCCCC(=O)O)C1=O. The highest BCUT2D eigenvalue weighted by atomic mass is 16.4. The van der Waals surface area contributed by atoms with E-state index in [2.05, 4.69) is 5.32 Å². The fourth-order valence-electron chi connectivity index (χ4n) is 1.35. The first-order chi connectivity index (χ1) is 7.93. The number of aliphatic hydroxyl groups excluding tert-OH is 1. The molecule has 0 saturated carbocycles. The van der Waals surface area contributed by atoms with Crippen LogP contribution in [-0.2, 0) is 14.4 Å². The summed E-state index contributed by atoms with van der Waals surface area (Å²) >= 11 is 0. The molecule has 0 aromatic heterocycles. The number of aliphatic hydroxyl groups is 1. The number of aliphatic carboxylic acids is 1. The van der Waals surface area contributed by atoms with Gasteiger partial charge >= 0.3 is 5.97 Å². The second kappa shape index (κ2) is 5.29. The van der Waals surface area contributed by atoms with Crippen molar-refractivity contribution in [3.8, 4) is 0 Å².